The Morgan fingerprint density at radius 3 is 2.19 bits per heavy atom. The maximum atomic E-state index is 12.1. The molecule has 0 saturated carbocycles. The molecular weight excluding hydrogens is 392 g/mol. The van der Waals surface area contributed by atoms with Crippen LogP contribution in [-0.4, -0.2) is 30.8 Å². The van der Waals surface area contributed by atoms with E-state index in [9.17, 15) is 9.59 Å². The van der Waals surface area contributed by atoms with Crippen molar-refractivity contribution in [3.8, 4) is 5.75 Å². The Bertz CT molecular complexity index is 889. The predicted molar refractivity (Wildman–Crippen MR) is 122 cm³/mol. The molecule has 0 aliphatic rings. The van der Waals surface area contributed by atoms with Gasteiger partial charge in [-0.15, -0.1) is 0 Å². The van der Waals surface area contributed by atoms with Crippen molar-refractivity contribution in [1.29, 1.82) is 0 Å². The third-order valence-corrected chi connectivity index (χ3v) is 5.28. The molecule has 0 unspecified atom stereocenters. The summed E-state index contributed by atoms with van der Waals surface area (Å²) in [5.74, 6) is -0.606. The van der Waals surface area contributed by atoms with E-state index < -0.39 is 11.8 Å². The minimum absolute atomic E-state index is 0.141. The van der Waals surface area contributed by atoms with Crippen LogP contribution in [0.2, 0.25) is 0 Å². The monoisotopic (exact) mass is 424 g/mol. The Balaban J connectivity index is 1.92. The zero-order valence-electron chi connectivity index (χ0n) is 19.0. The first-order chi connectivity index (χ1) is 14.8. The molecule has 31 heavy (non-hydrogen) atoms. The van der Waals surface area contributed by atoms with E-state index in [1.807, 2.05) is 49.4 Å². The molecule has 2 rings (SSSR count). The Labute approximate surface area is 184 Å². The molecule has 0 radical (unpaired) electrons. The summed E-state index contributed by atoms with van der Waals surface area (Å²) in [4.78, 5) is 24.0. The Kier molecular flexibility index (Phi) is 8.79. The van der Waals surface area contributed by atoms with Crippen LogP contribution in [0.25, 0.3) is 0 Å². The average Bonchev–Trinajstić information content (AvgIpc) is 2.78. The van der Waals surface area contributed by atoms with E-state index in [2.05, 4.69) is 36.5 Å². The Hall–Kier alpha value is -3.15. The molecule has 0 heterocycles. The Morgan fingerprint density at radius 2 is 1.61 bits per heavy atom. The number of rotatable bonds is 10. The minimum Gasteiger partial charge on any atom is -0.484 e. The van der Waals surface area contributed by atoms with E-state index in [0.717, 1.165) is 5.56 Å². The van der Waals surface area contributed by atoms with Gasteiger partial charge in [0.15, 0.2) is 6.61 Å². The summed E-state index contributed by atoms with van der Waals surface area (Å²) >= 11 is 0. The minimum atomic E-state index is -0.471. The van der Waals surface area contributed by atoms with Crippen molar-refractivity contribution < 1.29 is 19.1 Å². The summed E-state index contributed by atoms with van der Waals surface area (Å²) in [5.41, 5.74) is 5.18. The molecule has 0 fully saturated rings. The largest absolute Gasteiger partial charge is 0.484 e. The smallest absolute Gasteiger partial charge is 0.314 e. The second kappa shape index (κ2) is 11.3. The van der Waals surface area contributed by atoms with Gasteiger partial charge in [0.25, 0.3) is 5.91 Å². The van der Waals surface area contributed by atoms with Crippen molar-refractivity contribution in [2.75, 3.05) is 13.2 Å². The summed E-state index contributed by atoms with van der Waals surface area (Å²) in [7, 11) is 0. The van der Waals surface area contributed by atoms with Crippen LogP contribution in [0, 0.1) is 5.92 Å². The van der Waals surface area contributed by atoms with E-state index in [1.165, 1.54) is 5.56 Å². The number of amides is 1. The molecule has 0 spiro atoms. The molecule has 6 heteroatoms. The van der Waals surface area contributed by atoms with Crippen LogP contribution < -0.4 is 10.2 Å². The lowest BCUT2D eigenvalue weighted by Crippen LogP contribution is -2.29. The number of ether oxygens (including phenoxy) is 2. The standard InChI is InChI=1S/C25H32N2O4/c1-6-22(24(29)30-7-2)18(3)26-27-23(28)17-31-21-15-13-20(14-16-21)25(4,5)19-11-9-8-10-12-19/h8-16,22H,6-7,17H2,1-5H3,(H,27,28)/b26-18+/t22-/m1/s1. The molecule has 6 nitrogen and oxygen atoms in total. The fraction of sp³-hybridized carbons (Fsp3) is 0.400. The lowest BCUT2D eigenvalue weighted by atomic mass is 9.78. The van der Waals surface area contributed by atoms with Crippen molar-refractivity contribution in [2.24, 2.45) is 11.0 Å². The van der Waals surface area contributed by atoms with Crippen LogP contribution >= 0.6 is 0 Å². The molecule has 2 aromatic carbocycles. The number of hydrogen-bond acceptors (Lipinski definition) is 5. The normalized spacial score (nSPS) is 12.7. The highest BCUT2D eigenvalue weighted by atomic mass is 16.5. The molecule has 2 aromatic rings. The lowest BCUT2D eigenvalue weighted by molar-refractivity contribution is -0.145. The molecule has 0 aromatic heterocycles. The maximum Gasteiger partial charge on any atom is 0.314 e. The molecule has 0 bridgehead atoms. The molecule has 1 atom stereocenters. The molecule has 0 aliphatic carbocycles. The fourth-order valence-corrected chi connectivity index (χ4v) is 3.27. The summed E-state index contributed by atoms with van der Waals surface area (Å²) in [6.07, 6.45) is 0.548. The zero-order valence-corrected chi connectivity index (χ0v) is 19.0. The van der Waals surface area contributed by atoms with Crippen LogP contribution in [0.15, 0.2) is 59.7 Å². The Morgan fingerprint density at radius 1 is 1.00 bits per heavy atom. The van der Waals surface area contributed by atoms with Crippen molar-refractivity contribution in [1.82, 2.24) is 5.43 Å². The molecule has 0 aliphatic heterocycles. The molecular formula is C25H32N2O4. The number of carbonyl (C=O) groups excluding carboxylic acids is 2. The number of nitrogens with one attached hydrogen (secondary N) is 1. The van der Waals surface area contributed by atoms with Gasteiger partial charge >= 0.3 is 5.97 Å². The van der Waals surface area contributed by atoms with Crippen LogP contribution in [0.3, 0.4) is 0 Å². The van der Waals surface area contributed by atoms with Gasteiger partial charge < -0.3 is 9.47 Å². The van der Waals surface area contributed by atoms with Crippen molar-refractivity contribution >= 4 is 17.6 Å². The summed E-state index contributed by atoms with van der Waals surface area (Å²) in [6.45, 7) is 9.80. The van der Waals surface area contributed by atoms with Gasteiger partial charge in [0.05, 0.1) is 12.5 Å². The second-order valence-corrected chi connectivity index (χ2v) is 7.81. The van der Waals surface area contributed by atoms with Gasteiger partial charge in [-0.3, -0.25) is 9.59 Å². The topological polar surface area (TPSA) is 77.0 Å². The highest BCUT2D eigenvalue weighted by Gasteiger charge is 2.23. The second-order valence-electron chi connectivity index (χ2n) is 7.81. The van der Waals surface area contributed by atoms with Gasteiger partial charge in [0.2, 0.25) is 0 Å². The molecule has 1 amide bonds. The highest BCUT2D eigenvalue weighted by Crippen LogP contribution is 2.32. The third kappa shape index (κ3) is 6.67. The van der Waals surface area contributed by atoms with Gasteiger partial charge in [0, 0.05) is 11.1 Å². The predicted octanol–water partition coefficient (Wildman–Crippen LogP) is 4.47. The van der Waals surface area contributed by atoms with E-state index in [4.69, 9.17) is 9.47 Å². The van der Waals surface area contributed by atoms with Gasteiger partial charge in [-0.1, -0.05) is 63.2 Å². The number of carbonyl (C=O) groups is 2. The zero-order chi connectivity index (χ0) is 22.9. The van der Waals surface area contributed by atoms with Gasteiger partial charge in [-0.05, 0) is 43.5 Å². The third-order valence-electron chi connectivity index (χ3n) is 5.28. The van der Waals surface area contributed by atoms with Gasteiger partial charge in [0.1, 0.15) is 5.75 Å². The van der Waals surface area contributed by atoms with Crippen LogP contribution in [0.5, 0.6) is 5.75 Å². The highest BCUT2D eigenvalue weighted by molar-refractivity contribution is 6.01. The van der Waals surface area contributed by atoms with E-state index in [1.54, 1.807) is 13.8 Å². The summed E-state index contributed by atoms with van der Waals surface area (Å²) < 4.78 is 10.6. The van der Waals surface area contributed by atoms with Crippen LogP contribution in [0.1, 0.15) is 52.2 Å². The molecule has 166 valence electrons. The van der Waals surface area contributed by atoms with Crippen LogP contribution in [-0.2, 0) is 19.7 Å². The van der Waals surface area contributed by atoms with Gasteiger partial charge in [-0.2, -0.15) is 5.10 Å². The van der Waals surface area contributed by atoms with E-state index in [0.29, 0.717) is 24.5 Å². The first-order valence-electron chi connectivity index (χ1n) is 10.6. The van der Waals surface area contributed by atoms with E-state index in [-0.39, 0.29) is 18.0 Å². The first kappa shape index (κ1) is 24.1. The van der Waals surface area contributed by atoms with Crippen molar-refractivity contribution in [2.45, 2.75) is 46.5 Å². The number of benzene rings is 2. The molecule has 0 saturated heterocycles. The van der Waals surface area contributed by atoms with Crippen LogP contribution in [0.4, 0.5) is 0 Å². The summed E-state index contributed by atoms with van der Waals surface area (Å²) in [6, 6.07) is 18.0. The number of esters is 1. The van der Waals surface area contributed by atoms with Crippen molar-refractivity contribution in [3.05, 3.63) is 65.7 Å². The summed E-state index contributed by atoms with van der Waals surface area (Å²) in [5, 5.41) is 4.03. The van der Waals surface area contributed by atoms with E-state index >= 15 is 0 Å². The number of nitrogens with zero attached hydrogens (tertiary/aromatic N) is 1. The van der Waals surface area contributed by atoms with Crippen molar-refractivity contribution in [3.63, 3.8) is 0 Å². The number of hydrogen-bond donors (Lipinski definition) is 1. The quantitative estimate of drug-likeness (QED) is 0.347. The van der Waals surface area contributed by atoms with Gasteiger partial charge in [-0.25, -0.2) is 5.43 Å². The average molecular weight is 425 g/mol. The molecule has 1 N–H and O–H groups in total. The maximum absolute atomic E-state index is 12.1. The lowest BCUT2D eigenvalue weighted by Gasteiger charge is -2.26. The SMILES string of the molecule is CCOC(=O)[C@H](CC)/C(C)=N/NC(=O)COc1ccc(C(C)(C)c2ccccc2)cc1. The number of hydrazone groups is 1. The fourth-order valence-electron chi connectivity index (χ4n) is 3.27. The first-order valence-corrected chi connectivity index (χ1v) is 10.6.